The molecule has 0 aliphatic heterocycles. The molecule has 68 valence electrons. The molecule has 3 N–H and O–H groups in total. The summed E-state index contributed by atoms with van der Waals surface area (Å²) in [5.74, 6) is 0. The number of alkyl halides is 5. The SMILES string of the molecule is CO.ClC(Cl)Cl.ClCCl.O. The van der Waals surface area contributed by atoms with Crippen molar-refractivity contribution in [1.82, 2.24) is 0 Å². The van der Waals surface area contributed by atoms with Crippen molar-refractivity contribution in [3.63, 3.8) is 0 Å². The lowest BCUT2D eigenvalue weighted by Gasteiger charge is -1.69. The van der Waals surface area contributed by atoms with Gasteiger partial charge in [-0.05, 0) is 0 Å². The van der Waals surface area contributed by atoms with Crippen molar-refractivity contribution in [3.8, 4) is 0 Å². The van der Waals surface area contributed by atoms with E-state index in [0.717, 1.165) is 7.11 Å². The van der Waals surface area contributed by atoms with Gasteiger partial charge in [-0.15, -0.1) is 23.2 Å². The minimum atomic E-state index is -0.750. The van der Waals surface area contributed by atoms with Gasteiger partial charge in [0.25, 0.3) is 0 Å². The molecule has 0 rings (SSSR count). The third-order valence-electron chi connectivity index (χ3n) is 0. The number of rotatable bonds is 0. The highest BCUT2D eigenvalue weighted by Gasteiger charge is 1.78. The summed E-state index contributed by atoms with van der Waals surface area (Å²) >= 11 is 23.9. The van der Waals surface area contributed by atoms with Gasteiger partial charge in [0.15, 0.2) is 4.30 Å². The summed E-state index contributed by atoms with van der Waals surface area (Å²) in [6.45, 7) is 0. The highest BCUT2D eigenvalue weighted by atomic mass is 35.6. The average molecular weight is 254 g/mol. The topological polar surface area (TPSA) is 51.7 Å². The molecular formula is C3H9Cl5O2. The van der Waals surface area contributed by atoms with E-state index in [1.807, 2.05) is 0 Å². The summed E-state index contributed by atoms with van der Waals surface area (Å²) in [5.41, 5.74) is 0. The highest BCUT2D eigenvalue weighted by Crippen LogP contribution is 2.03. The maximum Gasteiger partial charge on any atom is 0.180 e. The fourth-order valence-electron chi connectivity index (χ4n) is 0. The lowest BCUT2D eigenvalue weighted by molar-refractivity contribution is 0.399. The lowest BCUT2D eigenvalue weighted by Crippen LogP contribution is -1.55. The van der Waals surface area contributed by atoms with Crippen LogP contribution in [0.1, 0.15) is 0 Å². The van der Waals surface area contributed by atoms with Gasteiger partial charge in [0.05, 0.1) is 5.34 Å². The molecule has 2 nitrogen and oxygen atoms in total. The standard InChI is InChI=1S/CHCl3.CH2Cl2.CH4O.H2O/c2-1(3)4;2-1-3;1-2;/h1H;1H2;2H,1H3;1H2. The van der Waals surface area contributed by atoms with Gasteiger partial charge in [0, 0.05) is 7.11 Å². The van der Waals surface area contributed by atoms with Crippen LogP contribution in [0.3, 0.4) is 0 Å². The first-order chi connectivity index (χ1) is 4.15. The second-order valence-electron chi connectivity index (χ2n) is 0.348. The Balaban J connectivity index is -0.0000000273. The molecule has 0 fully saturated rings. The molecule has 0 saturated carbocycles. The van der Waals surface area contributed by atoms with E-state index in [4.69, 9.17) is 63.1 Å². The molecular weight excluding hydrogens is 245 g/mol. The third-order valence-corrected chi connectivity index (χ3v) is 0. The number of hydrogen-bond donors (Lipinski definition) is 1. The van der Waals surface area contributed by atoms with E-state index in [9.17, 15) is 0 Å². The second kappa shape index (κ2) is 31.6. The van der Waals surface area contributed by atoms with Crippen LogP contribution in [0.4, 0.5) is 0 Å². The summed E-state index contributed by atoms with van der Waals surface area (Å²) in [5, 5.41) is 7.19. The van der Waals surface area contributed by atoms with Gasteiger partial charge in [0.1, 0.15) is 0 Å². The predicted molar refractivity (Wildman–Crippen MR) is 49.7 cm³/mol. The van der Waals surface area contributed by atoms with Crippen LogP contribution in [0.25, 0.3) is 0 Å². The molecule has 0 unspecified atom stereocenters. The smallest absolute Gasteiger partial charge is 0.180 e. The van der Waals surface area contributed by atoms with Crippen molar-refractivity contribution < 1.29 is 10.6 Å². The number of aliphatic hydroxyl groups is 1. The monoisotopic (exact) mass is 252 g/mol. The van der Waals surface area contributed by atoms with Crippen LogP contribution in [-0.2, 0) is 0 Å². The first-order valence-corrected chi connectivity index (χ1v) is 4.01. The molecule has 0 aromatic carbocycles. The van der Waals surface area contributed by atoms with Crippen molar-refractivity contribution in [2.24, 2.45) is 0 Å². The largest absolute Gasteiger partial charge is 0.412 e. The molecule has 0 saturated heterocycles. The van der Waals surface area contributed by atoms with E-state index in [0.29, 0.717) is 0 Å². The molecule has 0 heterocycles. The Bertz CT molecular complexity index is 26.1. The van der Waals surface area contributed by atoms with Gasteiger partial charge in [-0.2, -0.15) is 0 Å². The maximum atomic E-state index is 7.00. The Labute approximate surface area is 85.3 Å². The zero-order valence-corrected chi connectivity index (χ0v) is 8.90. The van der Waals surface area contributed by atoms with Gasteiger partial charge in [-0.25, -0.2) is 0 Å². The highest BCUT2D eigenvalue weighted by molar-refractivity contribution is 6.63. The summed E-state index contributed by atoms with van der Waals surface area (Å²) in [6, 6.07) is 0. The van der Waals surface area contributed by atoms with Gasteiger partial charge in [-0.3, -0.25) is 0 Å². The minimum absolute atomic E-state index is 0. The second-order valence-corrected chi connectivity index (χ2v) is 3.14. The average Bonchev–Trinajstić information content (AvgIpc) is 1.71. The Morgan fingerprint density at radius 1 is 1.10 bits per heavy atom. The first-order valence-electron chi connectivity index (χ1n) is 1.64. The van der Waals surface area contributed by atoms with E-state index < -0.39 is 4.30 Å². The molecule has 10 heavy (non-hydrogen) atoms. The van der Waals surface area contributed by atoms with Crippen molar-refractivity contribution in [2.45, 2.75) is 4.30 Å². The van der Waals surface area contributed by atoms with Crippen molar-refractivity contribution >= 4 is 58.0 Å². The molecule has 0 aromatic rings. The number of aliphatic hydroxyl groups excluding tert-OH is 1. The molecule has 7 heteroatoms. The molecule has 0 aliphatic rings. The van der Waals surface area contributed by atoms with E-state index in [2.05, 4.69) is 0 Å². The van der Waals surface area contributed by atoms with Crippen LogP contribution < -0.4 is 0 Å². The fraction of sp³-hybridized carbons (Fsp3) is 1.00. The zero-order valence-electron chi connectivity index (χ0n) is 5.12. The van der Waals surface area contributed by atoms with E-state index in [1.54, 1.807) is 0 Å². The molecule has 0 radical (unpaired) electrons. The first kappa shape index (κ1) is 22.5. The molecule has 0 atom stereocenters. The van der Waals surface area contributed by atoms with Crippen LogP contribution >= 0.6 is 58.0 Å². The van der Waals surface area contributed by atoms with Crippen molar-refractivity contribution in [2.75, 3.05) is 12.4 Å². The number of halogens is 5. The summed E-state index contributed by atoms with van der Waals surface area (Å²) in [7, 11) is 1.00. The summed E-state index contributed by atoms with van der Waals surface area (Å²) < 4.78 is -0.750. The minimum Gasteiger partial charge on any atom is -0.412 e. The number of hydrogen-bond acceptors (Lipinski definition) is 1. The Hall–Kier alpha value is 1.37. The molecule has 0 aliphatic carbocycles. The molecule has 0 spiro atoms. The van der Waals surface area contributed by atoms with Crippen LogP contribution in [0.5, 0.6) is 0 Å². The summed E-state index contributed by atoms with van der Waals surface area (Å²) in [4.78, 5) is 0. The lowest BCUT2D eigenvalue weighted by atomic mass is 11.8. The third kappa shape index (κ3) is 350. The van der Waals surface area contributed by atoms with Crippen molar-refractivity contribution in [1.29, 1.82) is 0 Å². The van der Waals surface area contributed by atoms with Crippen LogP contribution in [0.2, 0.25) is 0 Å². The summed E-state index contributed by atoms with van der Waals surface area (Å²) in [6.07, 6.45) is 0. The zero-order chi connectivity index (χ0) is 8.28. The van der Waals surface area contributed by atoms with Crippen LogP contribution in [0.15, 0.2) is 0 Å². The molecule has 0 amide bonds. The Kier molecular flexibility index (Phi) is 71.1. The molecule has 0 aromatic heterocycles. The quantitative estimate of drug-likeness (QED) is 0.662. The normalized spacial score (nSPS) is 6.00. The Morgan fingerprint density at radius 3 is 1.10 bits per heavy atom. The van der Waals surface area contributed by atoms with Gasteiger partial charge >= 0.3 is 0 Å². The van der Waals surface area contributed by atoms with Crippen molar-refractivity contribution in [3.05, 3.63) is 0 Å². The maximum absolute atomic E-state index is 7.00. The Morgan fingerprint density at radius 2 is 1.10 bits per heavy atom. The van der Waals surface area contributed by atoms with E-state index in [-0.39, 0.29) is 10.8 Å². The van der Waals surface area contributed by atoms with Crippen LogP contribution in [-0.4, -0.2) is 27.3 Å². The van der Waals surface area contributed by atoms with E-state index >= 15 is 0 Å². The molecule has 0 bridgehead atoms. The van der Waals surface area contributed by atoms with Crippen LogP contribution in [0, 0.1) is 0 Å². The van der Waals surface area contributed by atoms with Gasteiger partial charge < -0.3 is 10.6 Å². The predicted octanol–water partition coefficient (Wildman–Crippen LogP) is 2.19. The van der Waals surface area contributed by atoms with Gasteiger partial charge in [-0.1, -0.05) is 34.8 Å². The fourth-order valence-corrected chi connectivity index (χ4v) is 0. The van der Waals surface area contributed by atoms with E-state index in [1.165, 1.54) is 0 Å². The van der Waals surface area contributed by atoms with Gasteiger partial charge in [0.2, 0.25) is 0 Å².